The third-order valence-corrected chi connectivity index (χ3v) is 3.77. The summed E-state index contributed by atoms with van der Waals surface area (Å²) in [7, 11) is 0. The molecule has 0 atom stereocenters. The van der Waals surface area contributed by atoms with Crippen molar-refractivity contribution in [3.05, 3.63) is 40.2 Å². The maximum absolute atomic E-state index is 11.9. The molecule has 1 aromatic heterocycles. The van der Waals surface area contributed by atoms with Gasteiger partial charge in [-0.25, -0.2) is 0 Å². The van der Waals surface area contributed by atoms with Crippen LogP contribution in [0.15, 0.2) is 34.0 Å². The van der Waals surface area contributed by atoms with Crippen LogP contribution in [0, 0.1) is 11.3 Å². The molecule has 100 valence electrons. The van der Waals surface area contributed by atoms with Gasteiger partial charge in [0.25, 0.3) is 5.56 Å². The zero-order valence-corrected chi connectivity index (χ0v) is 11.4. The second kappa shape index (κ2) is 4.94. The molecule has 20 heavy (non-hydrogen) atoms. The normalized spacial score (nSPS) is 12.2. The fourth-order valence-corrected chi connectivity index (χ4v) is 2.60. The van der Waals surface area contributed by atoms with E-state index in [0.29, 0.717) is 22.1 Å². The first kappa shape index (κ1) is 12.6. The Labute approximate surface area is 119 Å². The summed E-state index contributed by atoms with van der Waals surface area (Å²) in [6.45, 7) is 0.207. The van der Waals surface area contributed by atoms with Crippen LogP contribution >= 0.6 is 11.8 Å². The highest BCUT2D eigenvalue weighted by molar-refractivity contribution is 7.98. The summed E-state index contributed by atoms with van der Waals surface area (Å²) >= 11 is 1.37. The van der Waals surface area contributed by atoms with Crippen LogP contribution in [0.1, 0.15) is 5.56 Å². The molecule has 6 heteroatoms. The minimum absolute atomic E-state index is 0.141. The molecule has 0 bridgehead atoms. The number of hydrogen-bond donors (Lipinski definition) is 1. The Balaban J connectivity index is 2.14. The van der Waals surface area contributed by atoms with Gasteiger partial charge in [-0.15, -0.1) is 11.8 Å². The summed E-state index contributed by atoms with van der Waals surface area (Å²) in [5.41, 5.74) is 1.22. The number of aromatic nitrogens is 1. The number of hydrogen-bond acceptors (Lipinski definition) is 5. The van der Waals surface area contributed by atoms with E-state index >= 15 is 0 Å². The minimum Gasteiger partial charge on any atom is -0.454 e. The van der Waals surface area contributed by atoms with Crippen LogP contribution in [0.2, 0.25) is 0 Å². The van der Waals surface area contributed by atoms with Crippen molar-refractivity contribution in [3.8, 4) is 28.8 Å². The van der Waals surface area contributed by atoms with Crippen molar-refractivity contribution in [1.29, 1.82) is 5.26 Å². The van der Waals surface area contributed by atoms with Gasteiger partial charge in [-0.2, -0.15) is 5.26 Å². The van der Waals surface area contributed by atoms with Gasteiger partial charge in [0.15, 0.2) is 11.5 Å². The first-order valence-electron chi connectivity index (χ1n) is 5.84. The molecule has 2 heterocycles. The Bertz CT molecular complexity index is 777. The molecule has 1 aliphatic rings. The smallest absolute Gasteiger partial charge is 0.267 e. The van der Waals surface area contributed by atoms with Crippen molar-refractivity contribution in [3.63, 3.8) is 0 Å². The van der Waals surface area contributed by atoms with E-state index in [4.69, 9.17) is 14.7 Å². The molecule has 0 amide bonds. The second-order valence-electron chi connectivity index (χ2n) is 4.14. The average Bonchev–Trinajstić information content (AvgIpc) is 2.93. The molecule has 0 saturated carbocycles. The van der Waals surface area contributed by atoms with Crippen molar-refractivity contribution < 1.29 is 9.47 Å². The third kappa shape index (κ3) is 2.02. The lowest BCUT2D eigenvalue weighted by atomic mass is 10.1. The number of pyridine rings is 1. The number of rotatable bonds is 2. The Morgan fingerprint density at radius 1 is 1.30 bits per heavy atom. The van der Waals surface area contributed by atoms with Crippen LogP contribution in [-0.2, 0) is 0 Å². The Hall–Kier alpha value is -2.39. The molecule has 1 aromatic carbocycles. The summed E-state index contributed by atoms with van der Waals surface area (Å²) in [6.07, 6.45) is 1.83. The summed E-state index contributed by atoms with van der Waals surface area (Å²) in [5.74, 6) is 1.34. The van der Waals surface area contributed by atoms with E-state index < -0.39 is 0 Å². The molecule has 0 unspecified atom stereocenters. The fourth-order valence-electron chi connectivity index (χ4n) is 2.02. The predicted octanol–water partition coefficient (Wildman–Crippen LogP) is 2.36. The van der Waals surface area contributed by atoms with Gasteiger partial charge in [-0.05, 0) is 30.5 Å². The van der Waals surface area contributed by atoms with Gasteiger partial charge >= 0.3 is 0 Å². The molecule has 3 rings (SSSR count). The molecule has 0 radical (unpaired) electrons. The standard InChI is InChI=1S/C14H10N2O3S/c1-20-13-5-10(16-14(17)9(13)6-15)8-2-3-11-12(4-8)19-7-18-11/h2-5H,7H2,1H3,(H,16,17). The lowest BCUT2D eigenvalue weighted by Gasteiger charge is -2.06. The van der Waals surface area contributed by atoms with E-state index in [0.717, 1.165) is 5.56 Å². The van der Waals surface area contributed by atoms with Crippen molar-refractivity contribution in [2.45, 2.75) is 4.90 Å². The highest BCUT2D eigenvalue weighted by Crippen LogP contribution is 2.35. The van der Waals surface area contributed by atoms with Crippen LogP contribution in [-0.4, -0.2) is 18.0 Å². The van der Waals surface area contributed by atoms with Crippen LogP contribution < -0.4 is 15.0 Å². The fraction of sp³-hybridized carbons (Fsp3) is 0.143. The number of fused-ring (bicyclic) bond motifs is 1. The van der Waals surface area contributed by atoms with E-state index in [1.165, 1.54) is 11.8 Å². The number of nitrogens with one attached hydrogen (secondary N) is 1. The maximum Gasteiger partial charge on any atom is 0.267 e. The zero-order valence-electron chi connectivity index (χ0n) is 10.6. The maximum atomic E-state index is 11.9. The van der Waals surface area contributed by atoms with Gasteiger partial charge in [0.2, 0.25) is 6.79 Å². The molecule has 1 N–H and O–H groups in total. The number of aromatic amines is 1. The quantitative estimate of drug-likeness (QED) is 0.858. The summed E-state index contributed by atoms with van der Waals surface area (Å²) in [4.78, 5) is 15.3. The average molecular weight is 286 g/mol. The molecule has 0 saturated heterocycles. The summed E-state index contributed by atoms with van der Waals surface area (Å²) < 4.78 is 10.6. The van der Waals surface area contributed by atoms with Crippen LogP contribution in [0.3, 0.4) is 0 Å². The molecular weight excluding hydrogens is 276 g/mol. The van der Waals surface area contributed by atoms with Gasteiger partial charge in [0.05, 0.1) is 0 Å². The molecule has 2 aromatic rings. The molecule has 0 aliphatic carbocycles. The highest BCUT2D eigenvalue weighted by atomic mass is 32.2. The van der Waals surface area contributed by atoms with E-state index in [1.807, 2.05) is 24.5 Å². The largest absolute Gasteiger partial charge is 0.454 e. The van der Waals surface area contributed by atoms with Gasteiger partial charge in [0, 0.05) is 16.2 Å². The van der Waals surface area contributed by atoms with Crippen molar-refractivity contribution in [2.75, 3.05) is 13.0 Å². The van der Waals surface area contributed by atoms with Crippen LogP contribution in [0.4, 0.5) is 0 Å². The first-order chi connectivity index (χ1) is 9.72. The van der Waals surface area contributed by atoms with Crippen LogP contribution in [0.25, 0.3) is 11.3 Å². The number of nitrogens with zero attached hydrogens (tertiary/aromatic N) is 1. The number of nitriles is 1. The topological polar surface area (TPSA) is 75.1 Å². The van der Waals surface area contributed by atoms with Crippen LogP contribution in [0.5, 0.6) is 11.5 Å². The summed E-state index contributed by atoms with van der Waals surface area (Å²) in [5, 5.41) is 9.00. The highest BCUT2D eigenvalue weighted by Gasteiger charge is 2.15. The minimum atomic E-state index is -0.382. The number of H-pyrrole nitrogens is 1. The van der Waals surface area contributed by atoms with E-state index in [9.17, 15) is 4.79 Å². The number of thioether (sulfide) groups is 1. The number of benzene rings is 1. The van der Waals surface area contributed by atoms with Gasteiger partial charge in [-0.1, -0.05) is 0 Å². The van der Waals surface area contributed by atoms with Crippen molar-refractivity contribution in [2.24, 2.45) is 0 Å². The summed E-state index contributed by atoms with van der Waals surface area (Å²) in [6, 6.07) is 9.17. The number of ether oxygens (including phenoxy) is 2. The molecule has 1 aliphatic heterocycles. The van der Waals surface area contributed by atoms with Gasteiger partial charge < -0.3 is 14.5 Å². The van der Waals surface area contributed by atoms with E-state index in [-0.39, 0.29) is 17.9 Å². The monoisotopic (exact) mass is 286 g/mol. The second-order valence-corrected chi connectivity index (χ2v) is 4.98. The molecule has 0 fully saturated rings. The van der Waals surface area contributed by atoms with E-state index in [1.54, 1.807) is 12.1 Å². The Morgan fingerprint density at radius 2 is 2.10 bits per heavy atom. The SMILES string of the molecule is CSc1cc(-c2ccc3c(c2)OCO3)[nH]c(=O)c1C#N. The van der Waals surface area contributed by atoms with Crippen molar-refractivity contribution in [1.82, 2.24) is 4.98 Å². The van der Waals surface area contributed by atoms with Gasteiger partial charge in [0.1, 0.15) is 11.6 Å². The first-order valence-corrected chi connectivity index (χ1v) is 7.07. The zero-order chi connectivity index (χ0) is 14.1. The molecule has 5 nitrogen and oxygen atoms in total. The Morgan fingerprint density at radius 3 is 2.85 bits per heavy atom. The van der Waals surface area contributed by atoms with Crippen molar-refractivity contribution >= 4 is 11.8 Å². The third-order valence-electron chi connectivity index (χ3n) is 3.01. The van der Waals surface area contributed by atoms with Gasteiger partial charge in [-0.3, -0.25) is 4.79 Å². The molecule has 0 spiro atoms. The van der Waals surface area contributed by atoms with E-state index in [2.05, 4.69) is 4.98 Å². The molecular formula is C14H10N2O3S. The lowest BCUT2D eigenvalue weighted by molar-refractivity contribution is 0.174. The lowest BCUT2D eigenvalue weighted by Crippen LogP contribution is -2.12. The Kier molecular flexibility index (Phi) is 3.12. The predicted molar refractivity (Wildman–Crippen MR) is 75.1 cm³/mol.